The van der Waals surface area contributed by atoms with Crippen molar-refractivity contribution in [3.8, 4) is 5.75 Å². The summed E-state index contributed by atoms with van der Waals surface area (Å²) in [6.45, 7) is 4.28. The Bertz CT molecular complexity index is 949. The average Bonchev–Trinajstić information content (AvgIpc) is 2.66. The molecule has 0 saturated heterocycles. The maximum atomic E-state index is 12.3. The lowest BCUT2D eigenvalue weighted by molar-refractivity contribution is -0.127. The van der Waals surface area contributed by atoms with Gasteiger partial charge < -0.3 is 14.5 Å². The Hall–Kier alpha value is -3.08. The molecule has 1 aromatic heterocycles. The summed E-state index contributed by atoms with van der Waals surface area (Å²) in [6, 6.07) is 18.2. The van der Waals surface area contributed by atoms with Crippen LogP contribution in [0.25, 0.3) is 11.0 Å². The molecule has 0 unspecified atom stereocenters. The Kier molecular flexibility index (Phi) is 5.37. The fourth-order valence-corrected chi connectivity index (χ4v) is 2.67. The van der Waals surface area contributed by atoms with Gasteiger partial charge in [0, 0.05) is 24.1 Å². The van der Waals surface area contributed by atoms with E-state index >= 15 is 0 Å². The minimum absolute atomic E-state index is 0.192. The first kappa shape index (κ1) is 17.7. The number of carbonyl (C=O) groups excluding carboxylic acids is 1. The Balaban J connectivity index is 1.59. The zero-order valence-corrected chi connectivity index (χ0v) is 14.8. The molecule has 0 saturated carbocycles. The fraction of sp³-hybridized carbons (Fsp3) is 0.238. The van der Waals surface area contributed by atoms with Crippen LogP contribution in [0.5, 0.6) is 5.75 Å². The van der Waals surface area contributed by atoms with Crippen molar-refractivity contribution < 1.29 is 13.9 Å². The Labute approximate surface area is 151 Å². The summed E-state index contributed by atoms with van der Waals surface area (Å²) in [7, 11) is 0. The summed E-state index contributed by atoms with van der Waals surface area (Å²) in [5, 5.41) is 3.71. The number of fused-ring (bicyclic) bond motifs is 1. The first-order valence-electron chi connectivity index (χ1n) is 8.56. The second kappa shape index (κ2) is 7.87. The monoisotopic (exact) mass is 351 g/mol. The standard InChI is InChI=1S/C21H21NO4/c1-14(16-6-4-3-5-7-16)13-22-21(24)15(2)25-18-10-8-17-9-11-20(23)26-19(17)12-18/h3-12,14-15H,13H2,1-2H3,(H,22,24)/t14-,15+/m0/s1. The molecule has 5 nitrogen and oxygen atoms in total. The van der Waals surface area contributed by atoms with E-state index in [9.17, 15) is 9.59 Å². The van der Waals surface area contributed by atoms with Crippen LogP contribution in [0.15, 0.2) is 69.9 Å². The normalized spacial score (nSPS) is 13.2. The maximum Gasteiger partial charge on any atom is 0.336 e. The molecule has 1 heterocycles. The van der Waals surface area contributed by atoms with Crippen molar-refractivity contribution in [3.05, 3.63) is 76.6 Å². The zero-order chi connectivity index (χ0) is 18.5. The minimum atomic E-state index is -0.661. The number of benzene rings is 2. The molecule has 1 amide bonds. The molecular formula is C21H21NO4. The summed E-state index contributed by atoms with van der Waals surface area (Å²) < 4.78 is 10.8. The molecular weight excluding hydrogens is 330 g/mol. The summed E-state index contributed by atoms with van der Waals surface area (Å²) in [5.74, 6) is 0.496. The summed E-state index contributed by atoms with van der Waals surface area (Å²) in [6.07, 6.45) is -0.661. The fourth-order valence-electron chi connectivity index (χ4n) is 2.67. The molecule has 0 radical (unpaired) electrons. The highest BCUT2D eigenvalue weighted by molar-refractivity contribution is 5.81. The van der Waals surface area contributed by atoms with Gasteiger partial charge in [0.2, 0.25) is 0 Å². The number of ether oxygens (including phenoxy) is 1. The third kappa shape index (κ3) is 4.30. The van der Waals surface area contributed by atoms with Gasteiger partial charge in [0.05, 0.1) is 0 Å². The lowest BCUT2D eigenvalue weighted by Crippen LogP contribution is -2.38. The molecule has 0 aliphatic heterocycles. The average molecular weight is 351 g/mol. The molecule has 3 rings (SSSR count). The lowest BCUT2D eigenvalue weighted by Gasteiger charge is -2.17. The Morgan fingerprint density at radius 3 is 2.58 bits per heavy atom. The smallest absolute Gasteiger partial charge is 0.336 e. The molecule has 134 valence electrons. The van der Waals surface area contributed by atoms with E-state index in [1.165, 1.54) is 11.6 Å². The molecule has 0 aliphatic carbocycles. The molecule has 5 heteroatoms. The SMILES string of the molecule is C[C@@H](Oc1ccc2ccc(=O)oc2c1)C(=O)NC[C@H](C)c1ccccc1. The van der Waals surface area contributed by atoms with E-state index in [-0.39, 0.29) is 11.8 Å². The highest BCUT2D eigenvalue weighted by atomic mass is 16.5. The van der Waals surface area contributed by atoms with Gasteiger partial charge in [0.1, 0.15) is 11.3 Å². The second-order valence-electron chi connectivity index (χ2n) is 6.27. The zero-order valence-electron chi connectivity index (χ0n) is 14.8. The summed E-state index contributed by atoms with van der Waals surface area (Å²) >= 11 is 0. The van der Waals surface area contributed by atoms with Crippen molar-refractivity contribution in [2.45, 2.75) is 25.9 Å². The number of hydrogen-bond donors (Lipinski definition) is 1. The van der Waals surface area contributed by atoms with Crippen molar-refractivity contribution >= 4 is 16.9 Å². The Morgan fingerprint density at radius 2 is 1.81 bits per heavy atom. The maximum absolute atomic E-state index is 12.3. The number of amides is 1. The van der Waals surface area contributed by atoms with Crippen molar-refractivity contribution in [3.63, 3.8) is 0 Å². The van der Waals surface area contributed by atoms with E-state index in [2.05, 4.69) is 12.2 Å². The van der Waals surface area contributed by atoms with Crippen molar-refractivity contribution in [2.24, 2.45) is 0 Å². The summed E-state index contributed by atoms with van der Waals surface area (Å²) in [4.78, 5) is 23.6. The molecule has 0 aliphatic rings. The molecule has 1 N–H and O–H groups in total. The molecule has 0 fully saturated rings. The van der Waals surface area contributed by atoms with E-state index in [0.29, 0.717) is 17.9 Å². The van der Waals surface area contributed by atoms with Crippen LogP contribution in [0.4, 0.5) is 0 Å². The minimum Gasteiger partial charge on any atom is -0.481 e. The van der Waals surface area contributed by atoms with E-state index < -0.39 is 11.7 Å². The van der Waals surface area contributed by atoms with Crippen LogP contribution in [0.2, 0.25) is 0 Å². The molecule has 2 aromatic carbocycles. The van der Waals surface area contributed by atoms with Gasteiger partial charge in [-0.3, -0.25) is 4.79 Å². The van der Waals surface area contributed by atoms with Crippen molar-refractivity contribution in [1.82, 2.24) is 5.32 Å². The molecule has 0 spiro atoms. The van der Waals surface area contributed by atoms with Gasteiger partial charge in [-0.15, -0.1) is 0 Å². The first-order valence-corrected chi connectivity index (χ1v) is 8.56. The highest BCUT2D eigenvalue weighted by Gasteiger charge is 2.16. The van der Waals surface area contributed by atoms with Crippen molar-refractivity contribution in [2.75, 3.05) is 6.54 Å². The number of rotatable bonds is 6. The predicted molar refractivity (Wildman–Crippen MR) is 100 cm³/mol. The van der Waals surface area contributed by atoms with Crippen LogP contribution >= 0.6 is 0 Å². The first-order chi connectivity index (χ1) is 12.5. The van der Waals surface area contributed by atoms with Gasteiger partial charge in [0.15, 0.2) is 6.10 Å². The second-order valence-corrected chi connectivity index (χ2v) is 6.27. The van der Waals surface area contributed by atoms with Crippen LogP contribution in [0, 0.1) is 0 Å². The van der Waals surface area contributed by atoms with Gasteiger partial charge in [0.25, 0.3) is 5.91 Å². The van der Waals surface area contributed by atoms with E-state index in [1.807, 2.05) is 30.3 Å². The molecule has 3 aromatic rings. The van der Waals surface area contributed by atoms with Crippen LogP contribution in [0.3, 0.4) is 0 Å². The van der Waals surface area contributed by atoms with Gasteiger partial charge in [-0.05, 0) is 36.6 Å². The molecule has 0 bridgehead atoms. The Morgan fingerprint density at radius 1 is 1.08 bits per heavy atom. The number of hydrogen-bond acceptors (Lipinski definition) is 4. The molecule has 26 heavy (non-hydrogen) atoms. The van der Waals surface area contributed by atoms with Crippen LogP contribution in [-0.4, -0.2) is 18.6 Å². The van der Waals surface area contributed by atoms with E-state index in [4.69, 9.17) is 9.15 Å². The molecule has 2 atom stereocenters. The highest BCUT2D eigenvalue weighted by Crippen LogP contribution is 2.20. The van der Waals surface area contributed by atoms with Crippen LogP contribution in [0.1, 0.15) is 25.3 Å². The van der Waals surface area contributed by atoms with Gasteiger partial charge >= 0.3 is 5.63 Å². The topological polar surface area (TPSA) is 68.5 Å². The number of nitrogens with one attached hydrogen (secondary N) is 1. The quantitative estimate of drug-likeness (QED) is 0.691. The van der Waals surface area contributed by atoms with Crippen molar-refractivity contribution in [1.29, 1.82) is 0 Å². The predicted octanol–water partition coefficient (Wildman–Crippen LogP) is 3.48. The van der Waals surface area contributed by atoms with Gasteiger partial charge in [-0.25, -0.2) is 4.79 Å². The van der Waals surface area contributed by atoms with E-state index in [1.54, 1.807) is 31.2 Å². The van der Waals surface area contributed by atoms with Gasteiger partial charge in [-0.1, -0.05) is 37.3 Å². The summed E-state index contributed by atoms with van der Waals surface area (Å²) in [5.41, 5.74) is 1.18. The third-order valence-corrected chi connectivity index (χ3v) is 4.23. The van der Waals surface area contributed by atoms with Crippen LogP contribution in [-0.2, 0) is 4.79 Å². The van der Waals surface area contributed by atoms with E-state index in [0.717, 1.165) is 5.39 Å². The lowest BCUT2D eigenvalue weighted by atomic mass is 10.0. The number of carbonyl (C=O) groups is 1. The third-order valence-electron chi connectivity index (χ3n) is 4.23. The van der Waals surface area contributed by atoms with Crippen LogP contribution < -0.4 is 15.7 Å². The largest absolute Gasteiger partial charge is 0.481 e. The van der Waals surface area contributed by atoms with Gasteiger partial charge in [-0.2, -0.15) is 0 Å².